The molecule has 1 N–H and O–H groups in total. The molecule has 0 spiro atoms. The number of benzene rings is 1. The van der Waals surface area contributed by atoms with Crippen molar-refractivity contribution in [3.63, 3.8) is 0 Å². The molecule has 0 fully saturated rings. The van der Waals surface area contributed by atoms with Crippen LogP contribution in [0, 0.1) is 20.8 Å². The normalized spacial score (nSPS) is 10.7. The van der Waals surface area contributed by atoms with Crippen LogP contribution in [-0.4, -0.2) is 30.9 Å². The molecular formula is C23H22N6O2. The number of hydrogen-bond donors (Lipinski definition) is 1. The van der Waals surface area contributed by atoms with E-state index in [1.165, 1.54) is 4.80 Å². The molecule has 0 atom stereocenters. The third kappa shape index (κ3) is 4.58. The van der Waals surface area contributed by atoms with Gasteiger partial charge in [-0.3, -0.25) is 9.78 Å². The summed E-state index contributed by atoms with van der Waals surface area (Å²) in [6, 6.07) is 13.2. The summed E-state index contributed by atoms with van der Waals surface area (Å²) in [5.41, 5.74) is 4.71. The van der Waals surface area contributed by atoms with Gasteiger partial charge in [-0.2, -0.15) is 9.90 Å². The molecule has 0 bridgehead atoms. The number of carbonyl (C=O) groups is 1. The Morgan fingerprint density at radius 1 is 1.03 bits per heavy atom. The van der Waals surface area contributed by atoms with E-state index in [2.05, 4.69) is 25.5 Å². The van der Waals surface area contributed by atoms with Crippen LogP contribution in [-0.2, 0) is 6.61 Å². The summed E-state index contributed by atoms with van der Waals surface area (Å²) < 4.78 is 5.85. The fourth-order valence-electron chi connectivity index (χ4n) is 3.13. The van der Waals surface area contributed by atoms with Gasteiger partial charge in [0.05, 0.1) is 11.4 Å². The van der Waals surface area contributed by atoms with Gasteiger partial charge in [0.15, 0.2) is 17.3 Å². The monoisotopic (exact) mass is 414 g/mol. The Bertz CT molecular complexity index is 1220. The first-order valence-electron chi connectivity index (χ1n) is 9.81. The molecule has 8 heteroatoms. The zero-order valence-corrected chi connectivity index (χ0v) is 17.5. The number of rotatable bonds is 6. The topological polar surface area (TPSA) is 94.8 Å². The first-order valence-corrected chi connectivity index (χ1v) is 9.81. The maximum atomic E-state index is 12.9. The largest absolute Gasteiger partial charge is 0.485 e. The van der Waals surface area contributed by atoms with Gasteiger partial charge in [0.2, 0.25) is 0 Å². The van der Waals surface area contributed by atoms with Crippen molar-refractivity contribution in [2.45, 2.75) is 27.4 Å². The first kappa shape index (κ1) is 20.2. The van der Waals surface area contributed by atoms with Crippen LogP contribution in [0.4, 0.5) is 5.82 Å². The second-order valence-corrected chi connectivity index (χ2v) is 7.16. The third-order valence-corrected chi connectivity index (χ3v) is 4.71. The molecule has 0 unspecified atom stereocenters. The lowest BCUT2D eigenvalue weighted by atomic mass is 10.1. The van der Waals surface area contributed by atoms with Gasteiger partial charge < -0.3 is 10.1 Å². The van der Waals surface area contributed by atoms with Crippen LogP contribution in [0.2, 0.25) is 0 Å². The third-order valence-electron chi connectivity index (χ3n) is 4.71. The minimum atomic E-state index is -0.402. The van der Waals surface area contributed by atoms with Crippen LogP contribution in [0.25, 0.3) is 5.69 Å². The van der Waals surface area contributed by atoms with Crippen LogP contribution < -0.4 is 10.1 Å². The Morgan fingerprint density at radius 3 is 2.61 bits per heavy atom. The number of anilines is 1. The number of nitrogens with zero attached hydrogens (tertiary/aromatic N) is 5. The predicted molar refractivity (Wildman–Crippen MR) is 116 cm³/mol. The molecule has 156 valence electrons. The second kappa shape index (κ2) is 8.74. The number of ether oxygens (including phenoxy) is 1. The van der Waals surface area contributed by atoms with E-state index in [1.54, 1.807) is 37.6 Å². The standard InChI is InChI=1S/C23H22N6O2/c1-15-6-7-19(16(2)13-15)29-27-17(3)21(28-29)23(30)26-22-20(5-4-10-25-22)31-14-18-8-11-24-12-9-18/h4-13H,14H2,1-3H3,(H,25,26,30). The zero-order chi connectivity index (χ0) is 21.8. The number of nitrogens with one attached hydrogen (secondary N) is 1. The van der Waals surface area contributed by atoms with Gasteiger partial charge in [-0.1, -0.05) is 17.7 Å². The molecule has 4 rings (SSSR count). The van der Waals surface area contributed by atoms with Gasteiger partial charge >= 0.3 is 0 Å². The van der Waals surface area contributed by atoms with Crippen LogP contribution in [0.15, 0.2) is 61.1 Å². The quantitative estimate of drug-likeness (QED) is 0.515. The lowest BCUT2D eigenvalue weighted by Gasteiger charge is -2.11. The molecule has 0 aliphatic carbocycles. The Hall–Kier alpha value is -4.07. The fraction of sp³-hybridized carbons (Fsp3) is 0.174. The summed E-state index contributed by atoms with van der Waals surface area (Å²) >= 11 is 0. The van der Waals surface area contributed by atoms with E-state index >= 15 is 0 Å². The molecule has 1 amide bonds. The molecular weight excluding hydrogens is 392 g/mol. The Kier molecular flexibility index (Phi) is 5.70. The van der Waals surface area contributed by atoms with Gasteiger partial charge in [0, 0.05) is 18.6 Å². The average Bonchev–Trinajstić information content (AvgIpc) is 3.15. The molecule has 0 saturated carbocycles. The minimum absolute atomic E-state index is 0.228. The predicted octanol–water partition coefficient (Wildman–Crippen LogP) is 3.81. The van der Waals surface area contributed by atoms with E-state index < -0.39 is 5.91 Å². The fourth-order valence-corrected chi connectivity index (χ4v) is 3.13. The van der Waals surface area contributed by atoms with E-state index in [4.69, 9.17) is 4.74 Å². The van der Waals surface area contributed by atoms with Crippen molar-refractivity contribution in [2.75, 3.05) is 5.32 Å². The maximum absolute atomic E-state index is 12.9. The summed E-state index contributed by atoms with van der Waals surface area (Å²) in [6.45, 7) is 6.10. The van der Waals surface area contributed by atoms with Gasteiger partial charge in [0.25, 0.3) is 5.91 Å². The molecule has 8 nitrogen and oxygen atoms in total. The number of hydrogen-bond acceptors (Lipinski definition) is 6. The molecule has 4 aromatic rings. The summed E-state index contributed by atoms with van der Waals surface area (Å²) in [4.78, 5) is 22.6. The summed E-state index contributed by atoms with van der Waals surface area (Å²) in [5, 5.41) is 11.6. The number of aromatic nitrogens is 5. The van der Waals surface area contributed by atoms with Crippen molar-refractivity contribution in [3.8, 4) is 11.4 Å². The van der Waals surface area contributed by atoms with Crippen molar-refractivity contribution in [3.05, 3.63) is 89.1 Å². The van der Waals surface area contributed by atoms with E-state index in [9.17, 15) is 4.79 Å². The van der Waals surface area contributed by atoms with E-state index in [1.807, 2.05) is 44.2 Å². The van der Waals surface area contributed by atoms with Crippen LogP contribution in [0.5, 0.6) is 5.75 Å². The van der Waals surface area contributed by atoms with E-state index in [-0.39, 0.29) is 5.69 Å². The van der Waals surface area contributed by atoms with Gasteiger partial charge in [-0.25, -0.2) is 4.98 Å². The van der Waals surface area contributed by atoms with Gasteiger partial charge in [-0.15, -0.1) is 5.10 Å². The lowest BCUT2D eigenvalue weighted by molar-refractivity contribution is 0.102. The first-order chi connectivity index (χ1) is 15.0. The highest BCUT2D eigenvalue weighted by Crippen LogP contribution is 2.23. The second-order valence-electron chi connectivity index (χ2n) is 7.16. The Balaban J connectivity index is 1.53. The van der Waals surface area contributed by atoms with Crippen LogP contribution >= 0.6 is 0 Å². The van der Waals surface area contributed by atoms with Crippen molar-refractivity contribution >= 4 is 11.7 Å². The summed E-state index contributed by atoms with van der Waals surface area (Å²) in [7, 11) is 0. The molecule has 0 saturated heterocycles. The summed E-state index contributed by atoms with van der Waals surface area (Å²) in [6.07, 6.45) is 4.99. The van der Waals surface area contributed by atoms with Gasteiger partial charge in [-0.05, 0) is 62.2 Å². The number of carbonyl (C=O) groups excluding carboxylic acids is 1. The van der Waals surface area contributed by atoms with Crippen LogP contribution in [0.3, 0.4) is 0 Å². The molecule has 31 heavy (non-hydrogen) atoms. The van der Waals surface area contributed by atoms with E-state index in [0.29, 0.717) is 23.9 Å². The Morgan fingerprint density at radius 2 is 1.84 bits per heavy atom. The minimum Gasteiger partial charge on any atom is -0.485 e. The molecule has 3 aromatic heterocycles. The van der Waals surface area contributed by atoms with Crippen molar-refractivity contribution in [2.24, 2.45) is 0 Å². The molecule has 0 aliphatic rings. The van der Waals surface area contributed by atoms with Crippen molar-refractivity contribution in [1.82, 2.24) is 25.0 Å². The molecule has 3 heterocycles. The number of amides is 1. The van der Waals surface area contributed by atoms with Crippen LogP contribution in [0.1, 0.15) is 32.9 Å². The number of pyridine rings is 2. The SMILES string of the molecule is Cc1ccc(-n2nc(C)c(C(=O)Nc3ncccc3OCc3ccncc3)n2)c(C)c1. The van der Waals surface area contributed by atoms with Crippen molar-refractivity contribution < 1.29 is 9.53 Å². The van der Waals surface area contributed by atoms with Crippen molar-refractivity contribution in [1.29, 1.82) is 0 Å². The smallest absolute Gasteiger partial charge is 0.279 e. The number of aryl methyl sites for hydroxylation is 3. The highest BCUT2D eigenvalue weighted by Gasteiger charge is 2.19. The summed E-state index contributed by atoms with van der Waals surface area (Å²) in [5.74, 6) is 0.384. The average molecular weight is 414 g/mol. The zero-order valence-electron chi connectivity index (χ0n) is 17.5. The lowest BCUT2D eigenvalue weighted by Crippen LogP contribution is -2.16. The molecule has 0 aliphatic heterocycles. The van der Waals surface area contributed by atoms with Gasteiger partial charge in [0.1, 0.15) is 6.61 Å². The molecule has 1 aromatic carbocycles. The highest BCUT2D eigenvalue weighted by atomic mass is 16.5. The Labute approximate surface area is 179 Å². The maximum Gasteiger partial charge on any atom is 0.279 e. The van der Waals surface area contributed by atoms with E-state index in [0.717, 1.165) is 22.4 Å². The highest BCUT2D eigenvalue weighted by molar-refractivity contribution is 6.03. The molecule has 0 radical (unpaired) electrons.